The van der Waals surface area contributed by atoms with Gasteiger partial charge in [-0.3, -0.25) is 4.90 Å². The third-order valence-electron chi connectivity index (χ3n) is 4.50. The minimum atomic E-state index is -0.573. The smallest absolute Gasteiger partial charge is 0.420 e. The Hall–Kier alpha value is -2.40. The van der Waals surface area contributed by atoms with Gasteiger partial charge in [0.2, 0.25) is 0 Å². The van der Waals surface area contributed by atoms with Crippen molar-refractivity contribution < 1.29 is 9.53 Å². The molecule has 1 fully saturated rings. The molecule has 2 aromatic rings. The molecule has 1 unspecified atom stereocenters. The van der Waals surface area contributed by atoms with Gasteiger partial charge in [-0.2, -0.15) is 0 Å². The number of ether oxygens (including phenoxy) is 1. The maximum Gasteiger partial charge on any atom is 0.420 e. The maximum absolute atomic E-state index is 12.8. The lowest BCUT2D eigenvalue weighted by molar-refractivity contribution is 0.0598. The summed E-state index contributed by atoms with van der Waals surface area (Å²) >= 11 is 0. The molecular formula is C21H27N3O2. The topological polar surface area (TPSA) is 45.7 Å². The van der Waals surface area contributed by atoms with Crippen molar-refractivity contribution in [1.29, 1.82) is 0 Å². The maximum atomic E-state index is 12.8. The SMILES string of the molecule is CN1CCCC1c1ccc(N(C(=O)OC(C)(C)C)c2ccccc2)nc1. The summed E-state index contributed by atoms with van der Waals surface area (Å²) in [6.45, 7) is 6.70. The van der Waals surface area contributed by atoms with Crippen molar-refractivity contribution in [2.45, 2.75) is 45.3 Å². The van der Waals surface area contributed by atoms with E-state index >= 15 is 0 Å². The van der Waals surface area contributed by atoms with E-state index in [1.807, 2.05) is 63.4 Å². The highest BCUT2D eigenvalue weighted by Crippen LogP contribution is 2.32. The summed E-state index contributed by atoms with van der Waals surface area (Å²) < 4.78 is 5.59. The van der Waals surface area contributed by atoms with Crippen LogP contribution in [0.5, 0.6) is 0 Å². The van der Waals surface area contributed by atoms with E-state index < -0.39 is 11.7 Å². The normalized spacial score (nSPS) is 17.9. The van der Waals surface area contributed by atoms with Crippen LogP contribution < -0.4 is 4.90 Å². The second kappa shape index (κ2) is 7.46. The zero-order valence-corrected chi connectivity index (χ0v) is 16.0. The number of carbonyl (C=O) groups is 1. The van der Waals surface area contributed by atoms with Crippen molar-refractivity contribution in [3.8, 4) is 0 Å². The van der Waals surface area contributed by atoms with Gasteiger partial charge in [0.15, 0.2) is 0 Å². The summed E-state index contributed by atoms with van der Waals surface area (Å²) in [6.07, 6.45) is 3.80. The number of rotatable bonds is 3. The molecule has 1 aliphatic rings. The van der Waals surface area contributed by atoms with E-state index in [0.29, 0.717) is 11.9 Å². The minimum Gasteiger partial charge on any atom is -0.443 e. The fraction of sp³-hybridized carbons (Fsp3) is 0.429. The Morgan fingerprint density at radius 3 is 2.46 bits per heavy atom. The Labute approximate surface area is 155 Å². The van der Waals surface area contributed by atoms with Crippen molar-refractivity contribution in [1.82, 2.24) is 9.88 Å². The predicted octanol–water partition coefficient (Wildman–Crippen LogP) is 4.92. The summed E-state index contributed by atoms with van der Waals surface area (Å²) in [5, 5.41) is 0. The lowest BCUT2D eigenvalue weighted by atomic mass is 10.1. The van der Waals surface area contributed by atoms with E-state index in [4.69, 9.17) is 4.74 Å². The van der Waals surface area contributed by atoms with Crippen LogP contribution in [-0.2, 0) is 4.74 Å². The van der Waals surface area contributed by atoms with Gasteiger partial charge in [0, 0.05) is 12.2 Å². The van der Waals surface area contributed by atoms with Crippen LogP contribution in [0.3, 0.4) is 0 Å². The van der Waals surface area contributed by atoms with Gasteiger partial charge >= 0.3 is 6.09 Å². The van der Waals surface area contributed by atoms with Gasteiger partial charge < -0.3 is 4.74 Å². The number of amides is 1. The Bertz CT molecular complexity index is 738. The molecular weight excluding hydrogens is 326 g/mol. The first-order chi connectivity index (χ1) is 12.3. The van der Waals surface area contributed by atoms with Gasteiger partial charge in [-0.1, -0.05) is 24.3 Å². The second-order valence-electron chi connectivity index (χ2n) is 7.74. The van der Waals surface area contributed by atoms with Crippen molar-refractivity contribution in [3.63, 3.8) is 0 Å². The van der Waals surface area contributed by atoms with Crippen molar-refractivity contribution >= 4 is 17.6 Å². The second-order valence-corrected chi connectivity index (χ2v) is 7.74. The molecule has 0 bridgehead atoms. The molecule has 0 N–H and O–H groups in total. The number of nitrogens with zero attached hydrogens (tertiary/aromatic N) is 3. The molecule has 2 heterocycles. The van der Waals surface area contributed by atoms with Crippen LogP contribution in [0.15, 0.2) is 48.7 Å². The van der Waals surface area contributed by atoms with Crippen LogP contribution in [0, 0.1) is 0 Å². The number of carbonyl (C=O) groups excluding carboxylic acids is 1. The van der Waals surface area contributed by atoms with Crippen molar-refractivity contribution in [2.75, 3.05) is 18.5 Å². The van der Waals surface area contributed by atoms with Gasteiger partial charge in [-0.15, -0.1) is 0 Å². The van der Waals surface area contributed by atoms with Crippen molar-refractivity contribution in [2.24, 2.45) is 0 Å². The monoisotopic (exact) mass is 353 g/mol. The van der Waals surface area contributed by atoms with Gasteiger partial charge in [0.05, 0.1) is 5.69 Å². The van der Waals surface area contributed by atoms with Gasteiger partial charge in [-0.05, 0) is 71.0 Å². The zero-order chi connectivity index (χ0) is 18.7. The van der Waals surface area contributed by atoms with Crippen LogP contribution in [0.1, 0.15) is 45.2 Å². The molecule has 5 heteroatoms. The molecule has 3 rings (SSSR count). The van der Waals surface area contributed by atoms with E-state index in [2.05, 4.69) is 23.0 Å². The van der Waals surface area contributed by atoms with Crippen LogP contribution in [0.2, 0.25) is 0 Å². The summed E-state index contributed by atoms with van der Waals surface area (Å²) in [4.78, 5) is 21.3. The molecule has 0 saturated carbocycles. The van der Waals surface area contributed by atoms with Crippen LogP contribution in [0.25, 0.3) is 0 Å². The first-order valence-electron chi connectivity index (χ1n) is 9.09. The first kappa shape index (κ1) is 18.4. The standard InChI is InChI=1S/C21H27N3O2/c1-21(2,3)26-20(25)24(17-9-6-5-7-10-17)19-13-12-16(15-22-19)18-11-8-14-23(18)4/h5-7,9-10,12-13,15,18H,8,11,14H2,1-4H3. The largest absolute Gasteiger partial charge is 0.443 e. The van der Waals surface area contributed by atoms with E-state index in [9.17, 15) is 4.79 Å². The lowest BCUT2D eigenvalue weighted by Crippen LogP contribution is -2.34. The summed E-state index contributed by atoms with van der Waals surface area (Å²) in [7, 11) is 2.14. The zero-order valence-electron chi connectivity index (χ0n) is 16.0. The highest BCUT2D eigenvalue weighted by molar-refractivity contribution is 5.95. The Balaban J connectivity index is 1.90. The number of pyridine rings is 1. The number of likely N-dealkylation sites (tertiary alicyclic amines) is 1. The van der Waals surface area contributed by atoms with Gasteiger partial charge in [0.25, 0.3) is 0 Å². The Morgan fingerprint density at radius 2 is 1.92 bits per heavy atom. The molecule has 0 radical (unpaired) electrons. The average Bonchev–Trinajstić information content (AvgIpc) is 3.01. The highest BCUT2D eigenvalue weighted by Gasteiger charge is 2.27. The quantitative estimate of drug-likeness (QED) is 0.785. The van der Waals surface area contributed by atoms with Gasteiger partial charge in [0.1, 0.15) is 11.4 Å². The molecule has 0 aliphatic carbocycles. The van der Waals surface area contributed by atoms with Crippen LogP contribution >= 0.6 is 0 Å². The van der Waals surface area contributed by atoms with Gasteiger partial charge in [-0.25, -0.2) is 14.7 Å². The van der Waals surface area contributed by atoms with E-state index in [1.54, 1.807) is 0 Å². The molecule has 1 saturated heterocycles. The fourth-order valence-electron chi connectivity index (χ4n) is 3.27. The summed E-state index contributed by atoms with van der Waals surface area (Å²) in [6, 6.07) is 13.8. The number of anilines is 2. The van der Waals surface area contributed by atoms with Crippen LogP contribution in [-0.4, -0.2) is 35.2 Å². The molecule has 1 atom stereocenters. The summed E-state index contributed by atoms with van der Waals surface area (Å²) in [5.74, 6) is 0.565. The number of benzene rings is 1. The third kappa shape index (κ3) is 4.22. The first-order valence-corrected chi connectivity index (χ1v) is 9.09. The molecule has 138 valence electrons. The Morgan fingerprint density at radius 1 is 1.19 bits per heavy atom. The number of aromatic nitrogens is 1. The molecule has 1 aromatic carbocycles. The number of hydrogen-bond acceptors (Lipinski definition) is 4. The summed E-state index contributed by atoms with van der Waals surface area (Å²) in [5.41, 5.74) is 1.35. The fourth-order valence-corrected chi connectivity index (χ4v) is 3.27. The molecule has 1 aromatic heterocycles. The number of para-hydroxylation sites is 1. The minimum absolute atomic E-state index is 0.406. The molecule has 5 nitrogen and oxygen atoms in total. The Kier molecular flexibility index (Phi) is 5.28. The molecule has 0 spiro atoms. The van der Waals surface area contributed by atoms with Crippen molar-refractivity contribution in [3.05, 3.63) is 54.2 Å². The molecule has 1 amide bonds. The third-order valence-corrected chi connectivity index (χ3v) is 4.50. The number of hydrogen-bond donors (Lipinski definition) is 0. The molecule has 1 aliphatic heterocycles. The van der Waals surface area contributed by atoms with Crippen LogP contribution in [0.4, 0.5) is 16.3 Å². The highest BCUT2D eigenvalue weighted by atomic mass is 16.6. The van der Waals surface area contributed by atoms with E-state index in [1.165, 1.54) is 16.9 Å². The lowest BCUT2D eigenvalue weighted by Gasteiger charge is -2.27. The van der Waals surface area contributed by atoms with E-state index in [-0.39, 0.29) is 0 Å². The van der Waals surface area contributed by atoms with E-state index in [0.717, 1.165) is 18.7 Å². The molecule has 26 heavy (non-hydrogen) atoms. The predicted molar refractivity (Wildman–Crippen MR) is 104 cm³/mol. The average molecular weight is 353 g/mol.